The van der Waals surface area contributed by atoms with Crippen LogP contribution in [-0.4, -0.2) is 19.5 Å². The van der Waals surface area contributed by atoms with E-state index in [9.17, 15) is 4.79 Å². The Morgan fingerprint density at radius 3 is 2.84 bits per heavy atom. The molecule has 1 saturated carbocycles. The van der Waals surface area contributed by atoms with E-state index in [0.29, 0.717) is 12.5 Å². The normalized spacial score (nSPS) is 14.9. The molecule has 0 unspecified atom stereocenters. The second kappa shape index (κ2) is 6.63. The van der Waals surface area contributed by atoms with Gasteiger partial charge in [0.05, 0.1) is 12.2 Å². The average Bonchev–Trinajstić information content (AvgIpc) is 3.15. The lowest BCUT2D eigenvalue weighted by molar-refractivity contribution is 0.515. The molecule has 0 saturated heterocycles. The molecule has 3 heterocycles. The second-order valence-electron chi connectivity index (χ2n) is 6.58. The Morgan fingerprint density at radius 1 is 1.24 bits per heavy atom. The van der Waals surface area contributed by atoms with Crippen molar-refractivity contribution in [1.29, 1.82) is 0 Å². The van der Waals surface area contributed by atoms with Gasteiger partial charge in [0, 0.05) is 29.9 Å². The first-order valence-electron chi connectivity index (χ1n) is 8.75. The quantitative estimate of drug-likeness (QED) is 0.792. The Morgan fingerprint density at radius 2 is 2.08 bits per heavy atom. The van der Waals surface area contributed by atoms with E-state index in [1.54, 1.807) is 12.3 Å². The first kappa shape index (κ1) is 15.7. The Kier molecular flexibility index (Phi) is 4.17. The monoisotopic (exact) mass is 335 g/mol. The van der Waals surface area contributed by atoms with Gasteiger partial charge in [0.25, 0.3) is 5.56 Å². The summed E-state index contributed by atoms with van der Waals surface area (Å²) in [4.78, 5) is 26.0. The summed E-state index contributed by atoms with van der Waals surface area (Å²) in [5.41, 5.74) is 2.61. The number of nitrogens with zero attached hydrogens (tertiary/aromatic N) is 4. The molecule has 0 aromatic carbocycles. The van der Waals surface area contributed by atoms with Gasteiger partial charge in [-0.3, -0.25) is 14.3 Å². The molecule has 0 radical (unpaired) electrons. The molecule has 0 atom stereocenters. The van der Waals surface area contributed by atoms with E-state index in [1.165, 1.54) is 12.8 Å². The number of aryl methyl sites for hydroxylation is 1. The van der Waals surface area contributed by atoms with Crippen LogP contribution in [0.25, 0.3) is 11.0 Å². The van der Waals surface area contributed by atoms with Gasteiger partial charge >= 0.3 is 0 Å². The highest BCUT2D eigenvalue weighted by Crippen LogP contribution is 2.30. The Labute approximate surface area is 146 Å². The molecule has 6 heteroatoms. The molecule has 25 heavy (non-hydrogen) atoms. The van der Waals surface area contributed by atoms with Gasteiger partial charge in [-0.2, -0.15) is 4.98 Å². The predicted molar refractivity (Wildman–Crippen MR) is 97.6 cm³/mol. The maximum atomic E-state index is 12.6. The standard InChI is InChI=1S/C19H21N5O/c1-13-10-17(25)24(15-7-2-3-8-15)18-16(13)12-22-19(23-18)21-11-14-6-4-5-9-20-14/h4-6,9-10,12,15H,2-3,7-8,11H2,1H3,(H,21,22,23). The number of rotatable bonds is 4. The SMILES string of the molecule is Cc1cc(=O)n(C2CCCC2)c2nc(NCc3ccccn3)ncc12. The number of hydrogen-bond donors (Lipinski definition) is 1. The molecule has 0 spiro atoms. The van der Waals surface area contributed by atoms with E-state index in [0.717, 1.165) is 35.1 Å². The van der Waals surface area contributed by atoms with Crippen LogP contribution in [-0.2, 0) is 6.54 Å². The molecule has 0 aliphatic heterocycles. The smallest absolute Gasteiger partial charge is 0.252 e. The van der Waals surface area contributed by atoms with Crippen molar-refractivity contribution in [3.63, 3.8) is 0 Å². The van der Waals surface area contributed by atoms with Crippen molar-refractivity contribution in [1.82, 2.24) is 19.5 Å². The van der Waals surface area contributed by atoms with Gasteiger partial charge in [-0.05, 0) is 37.5 Å². The first-order valence-corrected chi connectivity index (χ1v) is 8.75. The van der Waals surface area contributed by atoms with Crippen LogP contribution in [0, 0.1) is 6.92 Å². The zero-order valence-electron chi connectivity index (χ0n) is 14.3. The van der Waals surface area contributed by atoms with Crippen molar-refractivity contribution < 1.29 is 0 Å². The topological polar surface area (TPSA) is 72.7 Å². The summed E-state index contributed by atoms with van der Waals surface area (Å²) >= 11 is 0. The summed E-state index contributed by atoms with van der Waals surface area (Å²) in [6.45, 7) is 2.49. The summed E-state index contributed by atoms with van der Waals surface area (Å²) in [5, 5.41) is 4.15. The minimum atomic E-state index is 0.0336. The van der Waals surface area contributed by atoms with Crippen molar-refractivity contribution in [2.45, 2.75) is 45.2 Å². The lowest BCUT2D eigenvalue weighted by Crippen LogP contribution is -2.24. The molecule has 0 amide bonds. The minimum Gasteiger partial charge on any atom is -0.349 e. The maximum Gasteiger partial charge on any atom is 0.252 e. The molecule has 1 aliphatic carbocycles. The predicted octanol–water partition coefficient (Wildman–Crippen LogP) is 3.22. The molecule has 4 rings (SSSR count). The Hall–Kier alpha value is -2.76. The third-order valence-electron chi connectivity index (χ3n) is 4.84. The molecule has 3 aromatic heterocycles. The summed E-state index contributed by atoms with van der Waals surface area (Å²) < 4.78 is 1.86. The first-order chi connectivity index (χ1) is 12.2. The highest BCUT2D eigenvalue weighted by Gasteiger charge is 2.21. The van der Waals surface area contributed by atoms with Gasteiger partial charge < -0.3 is 5.32 Å². The third-order valence-corrected chi connectivity index (χ3v) is 4.84. The van der Waals surface area contributed by atoms with Gasteiger partial charge in [0.1, 0.15) is 5.65 Å². The van der Waals surface area contributed by atoms with Crippen molar-refractivity contribution >= 4 is 17.0 Å². The molecule has 1 aliphatic rings. The van der Waals surface area contributed by atoms with Gasteiger partial charge in [-0.25, -0.2) is 4.98 Å². The number of aromatic nitrogens is 4. The molecular weight excluding hydrogens is 314 g/mol. The van der Waals surface area contributed by atoms with Gasteiger partial charge in [0.15, 0.2) is 0 Å². The second-order valence-corrected chi connectivity index (χ2v) is 6.58. The van der Waals surface area contributed by atoms with Crippen LogP contribution in [0.3, 0.4) is 0 Å². The van der Waals surface area contributed by atoms with Crippen LogP contribution in [0.4, 0.5) is 5.95 Å². The molecular formula is C19H21N5O. The van der Waals surface area contributed by atoms with Gasteiger partial charge in [0.2, 0.25) is 5.95 Å². The van der Waals surface area contributed by atoms with Crippen LogP contribution < -0.4 is 10.9 Å². The molecule has 1 N–H and O–H groups in total. The van der Waals surface area contributed by atoms with Gasteiger partial charge in [-0.15, -0.1) is 0 Å². The minimum absolute atomic E-state index is 0.0336. The number of fused-ring (bicyclic) bond motifs is 1. The highest BCUT2D eigenvalue weighted by molar-refractivity contribution is 5.79. The van der Waals surface area contributed by atoms with Crippen LogP contribution in [0.5, 0.6) is 0 Å². The Balaban J connectivity index is 1.73. The van der Waals surface area contributed by atoms with E-state index >= 15 is 0 Å². The molecule has 3 aromatic rings. The zero-order chi connectivity index (χ0) is 17.2. The van der Waals surface area contributed by atoms with Crippen LogP contribution >= 0.6 is 0 Å². The summed E-state index contributed by atoms with van der Waals surface area (Å²) in [6, 6.07) is 7.73. The van der Waals surface area contributed by atoms with E-state index in [-0.39, 0.29) is 11.6 Å². The fourth-order valence-electron chi connectivity index (χ4n) is 3.54. The molecule has 128 valence electrons. The lowest BCUT2D eigenvalue weighted by Gasteiger charge is -2.17. The number of pyridine rings is 2. The fourth-order valence-corrected chi connectivity index (χ4v) is 3.54. The van der Waals surface area contributed by atoms with Crippen LogP contribution in [0.1, 0.15) is 43.0 Å². The average molecular weight is 335 g/mol. The number of anilines is 1. The maximum absolute atomic E-state index is 12.6. The zero-order valence-corrected chi connectivity index (χ0v) is 14.3. The van der Waals surface area contributed by atoms with Crippen molar-refractivity contribution in [3.8, 4) is 0 Å². The van der Waals surface area contributed by atoms with Crippen molar-refractivity contribution in [2.24, 2.45) is 0 Å². The number of hydrogen-bond acceptors (Lipinski definition) is 5. The van der Waals surface area contributed by atoms with Crippen molar-refractivity contribution in [3.05, 3.63) is 58.3 Å². The molecule has 0 bridgehead atoms. The lowest BCUT2D eigenvalue weighted by atomic mass is 10.1. The van der Waals surface area contributed by atoms with Gasteiger partial charge in [-0.1, -0.05) is 18.9 Å². The van der Waals surface area contributed by atoms with E-state index in [2.05, 4.69) is 20.3 Å². The summed E-state index contributed by atoms with van der Waals surface area (Å²) in [7, 11) is 0. The third kappa shape index (κ3) is 3.12. The van der Waals surface area contributed by atoms with E-state index < -0.39 is 0 Å². The van der Waals surface area contributed by atoms with E-state index in [4.69, 9.17) is 0 Å². The number of nitrogens with one attached hydrogen (secondary N) is 1. The highest BCUT2D eigenvalue weighted by atomic mass is 16.1. The Bertz CT molecular complexity index is 945. The van der Waals surface area contributed by atoms with E-state index in [1.807, 2.05) is 35.9 Å². The molecule has 1 fully saturated rings. The summed E-state index contributed by atoms with van der Waals surface area (Å²) in [5.74, 6) is 0.523. The fraction of sp³-hybridized carbons (Fsp3) is 0.368. The van der Waals surface area contributed by atoms with Crippen LogP contribution in [0.2, 0.25) is 0 Å². The van der Waals surface area contributed by atoms with Crippen molar-refractivity contribution in [2.75, 3.05) is 5.32 Å². The largest absolute Gasteiger partial charge is 0.349 e. The van der Waals surface area contributed by atoms with Crippen LogP contribution in [0.15, 0.2) is 41.5 Å². The molecule has 6 nitrogen and oxygen atoms in total. The summed E-state index contributed by atoms with van der Waals surface area (Å²) in [6.07, 6.45) is 7.99.